The summed E-state index contributed by atoms with van der Waals surface area (Å²) >= 11 is 0. The van der Waals surface area contributed by atoms with E-state index in [4.69, 9.17) is 4.52 Å². The summed E-state index contributed by atoms with van der Waals surface area (Å²) in [7, 11) is 0. The van der Waals surface area contributed by atoms with Gasteiger partial charge in [-0.1, -0.05) is 12.1 Å². The molecule has 0 aliphatic rings. The normalized spacial score (nSPS) is 12.6. The molecule has 0 aromatic carbocycles. The van der Waals surface area contributed by atoms with Gasteiger partial charge in [0.2, 0.25) is 5.91 Å². The van der Waals surface area contributed by atoms with Gasteiger partial charge in [0.1, 0.15) is 5.76 Å². The van der Waals surface area contributed by atoms with E-state index in [9.17, 15) is 4.79 Å². The van der Waals surface area contributed by atoms with Gasteiger partial charge in [0.25, 0.3) is 0 Å². The first-order chi connectivity index (χ1) is 6.56. The van der Waals surface area contributed by atoms with Crippen molar-refractivity contribution in [2.24, 2.45) is 0 Å². The number of nitrogens with one attached hydrogen (secondary N) is 1. The Bertz CT molecular complexity index is 311. The number of nitrogens with zero attached hydrogens (tertiary/aromatic N) is 1. The van der Waals surface area contributed by atoms with Gasteiger partial charge in [-0.2, -0.15) is 0 Å². The molecule has 0 radical (unpaired) electrons. The van der Waals surface area contributed by atoms with Crippen LogP contribution >= 0.6 is 0 Å². The maximum Gasteiger partial charge on any atom is 0.220 e. The van der Waals surface area contributed by atoms with Crippen molar-refractivity contribution in [2.45, 2.75) is 40.2 Å². The molecular formula is C10H16N2O2. The second-order valence-electron chi connectivity index (χ2n) is 3.38. The van der Waals surface area contributed by atoms with Crippen molar-refractivity contribution < 1.29 is 9.32 Å². The molecule has 1 amide bonds. The third kappa shape index (κ3) is 2.13. The fraction of sp³-hybridized carbons (Fsp3) is 0.600. The van der Waals surface area contributed by atoms with E-state index in [1.807, 2.05) is 27.7 Å². The SMILES string of the molecule is CCC(=O)NC(C)c1c(C)noc1C. The van der Waals surface area contributed by atoms with Crippen molar-refractivity contribution in [1.82, 2.24) is 10.5 Å². The van der Waals surface area contributed by atoms with Crippen molar-refractivity contribution >= 4 is 5.91 Å². The first-order valence-electron chi connectivity index (χ1n) is 4.78. The van der Waals surface area contributed by atoms with Crippen LogP contribution in [0, 0.1) is 13.8 Å². The number of rotatable bonds is 3. The summed E-state index contributed by atoms with van der Waals surface area (Å²) in [6, 6.07) is -0.0336. The van der Waals surface area contributed by atoms with Gasteiger partial charge in [0.05, 0.1) is 11.7 Å². The molecule has 1 aromatic rings. The highest BCUT2D eigenvalue weighted by atomic mass is 16.5. The summed E-state index contributed by atoms with van der Waals surface area (Å²) in [4.78, 5) is 11.2. The van der Waals surface area contributed by atoms with Crippen molar-refractivity contribution in [1.29, 1.82) is 0 Å². The van der Waals surface area contributed by atoms with Crippen molar-refractivity contribution in [2.75, 3.05) is 0 Å². The maximum atomic E-state index is 11.2. The van der Waals surface area contributed by atoms with Gasteiger partial charge in [-0.3, -0.25) is 4.79 Å². The molecule has 1 atom stereocenters. The van der Waals surface area contributed by atoms with Gasteiger partial charge in [-0.25, -0.2) is 0 Å². The van der Waals surface area contributed by atoms with E-state index in [-0.39, 0.29) is 11.9 Å². The second kappa shape index (κ2) is 4.26. The van der Waals surface area contributed by atoms with E-state index < -0.39 is 0 Å². The van der Waals surface area contributed by atoms with Crippen LogP contribution in [-0.4, -0.2) is 11.1 Å². The number of hydrogen-bond donors (Lipinski definition) is 1. The Morgan fingerprint density at radius 2 is 2.21 bits per heavy atom. The lowest BCUT2D eigenvalue weighted by atomic mass is 10.1. The molecule has 1 heterocycles. The largest absolute Gasteiger partial charge is 0.361 e. The first-order valence-corrected chi connectivity index (χ1v) is 4.78. The molecule has 78 valence electrons. The monoisotopic (exact) mass is 196 g/mol. The molecule has 1 N–H and O–H groups in total. The third-order valence-electron chi connectivity index (χ3n) is 2.22. The molecule has 14 heavy (non-hydrogen) atoms. The van der Waals surface area contributed by atoms with E-state index in [1.54, 1.807) is 0 Å². The number of amides is 1. The fourth-order valence-electron chi connectivity index (χ4n) is 1.52. The van der Waals surface area contributed by atoms with Crippen LogP contribution in [0.1, 0.15) is 43.3 Å². The lowest BCUT2D eigenvalue weighted by Gasteiger charge is -2.12. The Kier molecular flexibility index (Phi) is 3.28. The number of aromatic nitrogens is 1. The van der Waals surface area contributed by atoms with Crippen LogP contribution in [0.3, 0.4) is 0 Å². The van der Waals surface area contributed by atoms with Crippen LogP contribution in [-0.2, 0) is 4.79 Å². The molecule has 0 bridgehead atoms. The zero-order valence-electron chi connectivity index (χ0n) is 9.05. The molecule has 0 fully saturated rings. The highest BCUT2D eigenvalue weighted by Gasteiger charge is 2.17. The van der Waals surface area contributed by atoms with Gasteiger partial charge in [0.15, 0.2) is 0 Å². The molecule has 4 heteroatoms. The Morgan fingerprint density at radius 3 is 2.64 bits per heavy atom. The highest BCUT2D eigenvalue weighted by Crippen LogP contribution is 2.20. The van der Waals surface area contributed by atoms with Crippen LogP contribution in [0.5, 0.6) is 0 Å². The minimum atomic E-state index is -0.0336. The molecule has 1 aromatic heterocycles. The standard InChI is InChI=1S/C10H16N2O2/c1-5-9(13)11-6(2)10-7(3)12-14-8(10)4/h6H,5H2,1-4H3,(H,11,13). The zero-order chi connectivity index (χ0) is 10.7. The van der Waals surface area contributed by atoms with Crippen LogP contribution in [0.4, 0.5) is 0 Å². The van der Waals surface area contributed by atoms with Crippen LogP contribution in [0.2, 0.25) is 0 Å². The summed E-state index contributed by atoms with van der Waals surface area (Å²) in [5.74, 6) is 0.809. The van der Waals surface area contributed by atoms with Gasteiger partial charge in [0, 0.05) is 12.0 Å². The zero-order valence-corrected chi connectivity index (χ0v) is 9.05. The predicted octanol–water partition coefficient (Wildman–Crippen LogP) is 1.88. The minimum Gasteiger partial charge on any atom is -0.361 e. The van der Waals surface area contributed by atoms with E-state index in [0.717, 1.165) is 17.0 Å². The number of carbonyl (C=O) groups excluding carboxylic acids is 1. The maximum absolute atomic E-state index is 11.2. The average molecular weight is 196 g/mol. The van der Waals surface area contributed by atoms with E-state index >= 15 is 0 Å². The molecule has 4 nitrogen and oxygen atoms in total. The van der Waals surface area contributed by atoms with Gasteiger partial charge in [-0.05, 0) is 20.8 Å². The molecule has 1 rings (SSSR count). The van der Waals surface area contributed by atoms with E-state index in [0.29, 0.717) is 6.42 Å². The van der Waals surface area contributed by atoms with E-state index in [2.05, 4.69) is 10.5 Å². The summed E-state index contributed by atoms with van der Waals surface area (Å²) in [5.41, 5.74) is 1.82. The van der Waals surface area contributed by atoms with Crippen molar-refractivity contribution in [3.05, 3.63) is 17.0 Å². The summed E-state index contributed by atoms with van der Waals surface area (Å²) in [6.07, 6.45) is 0.494. The Balaban J connectivity index is 2.78. The molecular weight excluding hydrogens is 180 g/mol. The molecule has 0 saturated heterocycles. The predicted molar refractivity (Wildman–Crippen MR) is 52.8 cm³/mol. The number of aryl methyl sites for hydroxylation is 2. The third-order valence-corrected chi connectivity index (χ3v) is 2.22. The topological polar surface area (TPSA) is 55.1 Å². The van der Waals surface area contributed by atoms with Gasteiger partial charge < -0.3 is 9.84 Å². The molecule has 0 saturated carbocycles. The van der Waals surface area contributed by atoms with E-state index in [1.165, 1.54) is 0 Å². The molecule has 0 spiro atoms. The van der Waals surface area contributed by atoms with Crippen molar-refractivity contribution in [3.8, 4) is 0 Å². The smallest absolute Gasteiger partial charge is 0.220 e. The number of carbonyl (C=O) groups is 1. The fourth-order valence-corrected chi connectivity index (χ4v) is 1.52. The lowest BCUT2D eigenvalue weighted by molar-refractivity contribution is -0.121. The summed E-state index contributed by atoms with van der Waals surface area (Å²) < 4.78 is 5.03. The second-order valence-corrected chi connectivity index (χ2v) is 3.38. The minimum absolute atomic E-state index is 0.0336. The highest BCUT2D eigenvalue weighted by molar-refractivity contribution is 5.76. The quantitative estimate of drug-likeness (QED) is 0.803. The van der Waals surface area contributed by atoms with Crippen molar-refractivity contribution in [3.63, 3.8) is 0 Å². The average Bonchev–Trinajstić information content (AvgIpc) is 2.46. The van der Waals surface area contributed by atoms with Crippen LogP contribution in [0.15, 0.2) is 4.52 Å². The summed E-state index contributed by atoms with van der Waals surface area (Å²) in [6.45, 7) is 7.49. The molecule has 1 unspecified atom stereocenters. The molecule has 0 aliphatic carbocycles. The van der Waals surface area contributed by atoms with Crippen LogP contribution in [0.25, 0.3) is 0 Å². The first kappa shape index (κ1) is 10.8. The summed E-state index contributed by atoms with van der Waals surface area (Å²) in [5, 5.41) is 6.72. The Labute approximate surface area is 83.7 Å². The lowest BCUT2D eigenvalue weighted by Crippen LogP contribution is -2.26. The molecule has 0 aliphatic heterocycles. The Hall–Kier alpha value is -1.32. The van der Waals surface area contributed by atoms with Gasteiger partial charge >= 0.3 is 0 Å². The Morgan fingerprint density at radius 1 is 1.57 bits per heavy atom. The van der Waals surface area contributed by atoms with Crippen LogP contribution < -0.4 is 5.32 Å². The van der Waals surface area contributed by atoms with Gasteiger partial charge in [-0.15, -0.1) is 0 Å². The number of hydrogen-bond acceptors (Lipinski definition) is 3.